The molecule has 2 atom stereocenters. The van der Waals surface area contributed by atoms with Gasteiger partial charge < -0.3 is 9.32 Å². The molecule has 6 heteroatoms. The summed E-state index contributed by atoms with van der Waals surface area (Å²) in [6, 6.07) is 32.5. The Balaban J connectivity index is 1.28. The van der Waals surface area contributed by atoms with Crippen molar-refractivity contribution in [2.45, 2.75) is 25.8 Å². The molecule has 0 spiro atoms. The van der Waals surface area contributed by atoms with Gasteiger partial charge in [-0.25, -0.2) is 9.97 Å². The minimum atomic E-state index is 0.0276. The Bertz CT molecular complexity index is 2990. The highest BCUT2D eigenvalue weighted by molar-refractivity contribution is 7.26. The van der Waals surface area contributed by atoms with Gasteiger partial charge >= 0.3 is 0 Å². The first-order valence-electron chi connectivity index (χ1n) is 17.0. The number of hydrogen-bond donors (Lipinski definition) is 0. The molecule has 2 unspecified atom stereocenters. The Morgan fingerprint density at radius 1 is 0.740 bits per heavy atom. The van der Waals surface area contributed by atoms with Gasteiger partial charge in [-0.1, -0.05) is 109 Å². The molecule has 0 fully saturated rings. The third kappa shape index (κ3) is 3.75. The summed E-state index contributed by atoms with van der Waals surface area (Å²) in [7, 11) is 0. The predicted octanol–water partition coefficient (Wildman–Crippen LogP) is 12.9. The molecule has 5 heterocycles. The van der Waals surface area contributed by atoms with Gasteiger partial charge in [-0.2, -0.15) is 0 Å². The molecule has 1 aliphatic carbocycles. The van der Waals surface area contributed by atoms with E-state index >= 15 is 0 Å². The molecule has 11 rings (SSSR count). The van der Waals surface area contributed by atoms with Crippen molar-refractivity contribution in [3.05, 3.63) is 137 Å². The Kier molecular flexibility index (Phi) is 5.93. The zero-order chi connectivity index (χ0) is 33.1. The standard InChI is InChI=1S/C44H29N3OS2/c1-3-13-25-24(2)49-43-38(25)45-44(46-39(43)32-20-12-19-28-26-14-7-10-22-34(26)48-41(28)32)47-33-21-9-6-17-30(33)36-27-15-4-5-16-29(27)42-37(40(36)47)31-18-8-11-23-35(31)50-42/h3-23,30,33H,1-2H3/b13-3-. The third-order valence-corrected chi connectivity index (χ3v) is 12.8. The van der Waals surface area contributed by atoms with Crippen LogP contribution < -0.4 is 4.90 Å². The van der Waals surface area contributed by atoms with Crippen molar-refractivity contribution in [2.75, 3.05) is 4.90 Å². The molecule has 0 amide bonds. The molecule has 4 aromatic heterocycles. The molecule has 9 aromatic rings. The van der Waals surface area contributed by atoms with Gasteiger partial charge in [0.05, 0.1) is 27.6 Å². The fourth-order valence-corrected chi connectivity index (χ4v) is 10.7. The summed E-state index contributed by atoms with van der Waals surface area (Å²) in [5.74, 6) is 0.869. The lowest BCUT2D eigenvalue weighted by Crippen LogP contribution is -2.30. The lowest BCUT2D eigenvalue weighted by Gasteiger charge is -2.27. The van der Waals surface area contributed by atoms with Crippen LogP contribution in [0.15, 0.2) is 126 Å². The molecule has 4 nitrogen and oxygen atoms in total. The summed E-state index contributed by atoms with van der Waals surface area (Å²) >= 11 is 3.65. The van der Waals surface area contributed by atoms with E-state index in [1.165, 1.54) is 47.1 Å². The van der Waals surface area contributed by atoms with Gasteiger partial charge in [0, 0.05) is 52.9 Å². The Morgan fingerprint density at radius 3 is 2.38 bits per heavy atom. The van der Waals surface area contributed by atoms with Gasteiger partial charge in [0.25, 0.3) is 0 Å². The Morgan fingerprint density at radius 2 is 1.50 bits per heavy atom. The zero-order valence-electron chi connectivity index (χ0n) is 27.3. The Hall–Kier alpha value is -5.56. The predicted molar refractivity (Wildman–Crippen MR) is 213 cm³/mol. The molecule has 0 saturated heterocycles. The highest BCUT2D eigenvalue weighted by atomic mass is 32.1. The minimum absolute atomic E-state index is 0.0276. The van der Waals surface area contributed by atoms with Crippen molar-refractivity contribution >= 4 is 103 Å². The van der Waals surface area contributed by atoms with Gasteiger partial charge in [0.15, 0.2) is 0 Å². The second-order valence-corrected chi connectivity index (χ2v) is 15.4. The van der Waals surface area contributed by atoms with Crippen LogP contribution in [0.1, 0.15) is 28.8 Å². The maximum absolute atomic E-state index is 6.62. The summed E-state index contributed by atoms with van der Waals surface area (Å²) in [5, 5.41) is 7.38. The smallest absolute Gasteiger partial charge is 0.231 e. The first-order valence-corrected chi connectivity index (χ1v) is 18.7. The topological polar surface area (TPSA) is 42.2 Å². The van der Waals surface area contributed by atoms with Gasteiger partial charge in [0.2, 0.25) is 5.95 Å². The summed E-state index contributed by atoms with van der Waals surface area (Å²) in [4.78, 5) is 14.8. The number of nitrogens with zero attached hydrogens (tertiary/aromatic N) is 3. The van der Waals surface area contributed by atoms with E-state index in [-0.39, 0.29) is 12.0 Å². The molecule has 2 aliphatic rings. The molecule has 0 N–H and O–H groups in total. The molecule has 1 aliphatic heterocycles. The van der Waals surface area contributed by atoms with Crippen LogP contribution in [-0.2, 0) is 0 Å². The van der Waals surface area contributed by atoms with E-state index in [1.807, 2.05) is 23.5 Å². The van der Waals surface area contributed by atoms with Crippen LogP contribution in [0.3, 0.4) is 0 Å². The quantitative estimate of drug-likeness (QED) is 0.186. The van der Waals surface area contributed by atoms with Crippen LogP contribution in [-0.4, -0.2) is 16.0 Å². The van der Waals surface area contributed by atoms with E-state index in [4.69, 9.17) is 14.4 Å². The van der Waals surface area contributed by atoms with E-state index in [0.717, 1.165) is 49.0 Å². The maximum Gasteiger partial charge on any atom is 0.231 e. The number of anilines is 2. The maximum atomic E-state index is 6.62. The number of rotatable bonds is 3. The van der Waals surface area contributed by atoms with Crippen LogP contribution >= 0.6 is 22.7 Å². The van der Waals surface area contributed by atoms with Crippen LogP contribution in [0.5, 0.6) is 0 Å². The minimum Gasteiger partial charge on any atom is -0.455 e. The number of fused-ring (bicyclic) bond motifs is 14. The fourth-order valence-electron chi connectivity index (χ4n) is 8.41. The van der Waals surface area contributed by atoms with Crippen molar-refractivity contribution in [3.63, 3.8) is 0 Å². The van der Waals surface area contributed by atoms with Crippen molar-refractivity contribution < 1.29 is 4.42 Å². The van der Waals surface area contributed by atoms with Crippen molar-refractivity contribution in [2.24, 2.45) is 0 Å². The lowest BCUT2D eigenvalue weighted by atomic mass is 9.87. The first-order chi connectivity index (χ1) is 24.7. The molecule has 5 aromatic carbocycles. The molecular formula is C44H29N3OS2. The Labute approximate surface area is 295 Å². The van der Waals surface area contributed by atoms with Crippen LogP contribution in [0.25, 0.3) is 80.4 Å². The van der Waals surface area contributed by atoms with E-state index in [9.17, 15) is 0 Å². The summed E-state index contributed by atoms with van der Waals surface area (Å²) in [6.45, 7) is 4.26. The fraction of sp³-hybridized carbons (Fsp3) is 0.0909. The first kappa shape index (κ1) is 28.3. The van der Waals surface area contributed by atoms with Crippen LogP contribution in [0, 0.1) is 6.92 Å². The molecule has 238 valence electrons. The number of thiophene rings is 2. The van der Waals surface area contributed by atoms with Gasteiger partial charge in [0.1, 0.15) is 11.2 Å². The second-order valence-electron chi connectivity index (χ2n) is 13.2. The monoisotopic (exact) mass is 679 g/mol. The largest absolute Gasteiger partial charge is 0.455 e. The average molecular weight is 680 g/mol. The van der Waals surface area contributed by atoms with Crippen molar-refractivity contribution in [1.29, 1.82) is 0 Å². The summed E-state index contributed by atoms with van der Waals surface area (Å²) in [6.07, 6.45) is 13.4. The highest BCUT2D eigenvalue weighted by Gasteiger charge is 2.42. The number of hydrogen-bond acceptors (Lipinski definition) is 6. The lowest BCUT2D eigenvalue weighted by molar-refractivity contribution is 0.670. The summed E-state index contributed by atoms with van der Waals surface area (Å²) in [5.41, 5.74) is 8.32. The SMILES string of the molecule is C/C=C\c1c(C)sc2c(-c3cccc4c3oc3ccccc34)nc(N3c4c(c5ccccc5c5sc6ccccc6c45)C4C=CC=CC43)nc12. The van der Waals surface area contributed by atoms with Gasteiger partial charge in [-0.3, -0.25) is 0 Å². The van der Waals surface area contributed by atoms with E-state index in [0.29, 0.717) is 5.95 Å². The molecule has 50 heavy (non-hydrogen) atoms. The van der Waals surface area contributed by atoms with Crippen LogP contribution in [0.4, 0.5) is 11.6 Å². The normalized spacial score (nSPS) is 17.1. The van der Waals surface area contributed by atoms with Crippen molar-refractivity contribution in [1.82, 2.24) is 9.97 Å². The van der Waals surface area contributed by atoms with E-state index in [1.54, 1.807) is 11.3 Å². The zero-order valence-corrected chi connectivity index (χ0v) is 29.0. The average Bonchev–Trinajstić information content (AvgIpc) is 3.90. The van der Waals surface area contributed by atoms with Gasteiger partial charge in [-0.05, 0) is 48.4 Å². The molecule has 0 radical (unpaired) electrons. The third-order valence-electron chi connectivity index (χ3n) is 10.5. The van der Waals surface area contributed by atoms with Crippen molar-refractivity contribution in [3.8, 4) is 11.3 Å². The molecular weight excluding hydrogens is 651 g/mol. The molecule has 0 saturated carbocycles. The van der Waals surface area contributed by atoms with E-state index in [2.05, 4.69) is 134 Å². The molecule has 0 bridgehead atoms. The van der Waals surface area contributed by atoms with Gasteiger partial charge in [-0.15, -0.1) is 22.7 Å². The number of para-hydroxylation sites is 2. The number of allylic oxidation sites excluding steroid dienone is 3. The van der Waals surface area contributed by atoms with E-state index < -0.39 is 0 Å². The number of aromatic nitrogens is 2. The number of furan rings is 1. The number of aryl methyl sites for hydroxylation is 1. The highest BCUT2D eigenvalue weighted by Crippen LogP contribution is 2.57. The summed E-state index contributed by atoms with van der Waals surface area (Å²) < 4.78 is 10.3. The van der Waals surface area contributed by atoms with Crippen LogP contribution in [0.2, 0.25) is 0 Å². The second kappa shape index (κ2) is 10.5. The number of benzene rings is 5.